The first-order valence-electron chi connectivity index (χ1n) is 10.1. The van der Waals surface area contributed by atoms with E-state index in [1.165, 1.54) is 0 Å². The third kappa shape index (κ3) is 6.09. The topological polar surface area (TPSA) is 53.1 Å². The molecule has 0 aromatic heterocycles. The van der Waals surface area contributed by atoms with Crippen LogP contribution in [0.1, 0.15) is 32.8 Å². The van der Waals surface area contributed by atoms with Crippen LogP contribution in [-0.2, 0) is 9.59 Å². The Morgan fingerprint density at radius 3 is 2.14 bits per heavy atom. The van der Waals surface area contributed by atoms with Crippen molar-refractivity contribution in [2.45, 2.75) is 27.2 Å². The number of hydrogen-bond donors (Lipinski definition) is 0. The molecule has 6 nitrogen and oxygen atoms in total. The Labute approximate surface area is 168 Å². The lowest BCUT2D eigenvalue weighted by Gasteiger charge is -2.34. The number of nitrogens with zero attached hydrogens (tertiary/aromatic N) is 3. The average molecular weight is 388 g/mol. The van der Waals surface area contributed by atoms with E-state index in [2.05, 4.69) is 18.7 Å². The van der Waals surface area contributed by atoms with Gasteiger partial charge in [0.15, 0.2) is 0 Å². The highest BCUT2D eigenvalue weighted by Gasteiger charge is 2.23. The lowest BCUT2D eigenvalue weighted by Crippen LogP contribution is -2.50. The predicted octanol–water partition coefficient (Wildman–Crippen LogP) is 2.50. The summed E-state index contributed by atoms with van der Waals surface area (Å²) in [5.74, 6) is 0.983. The van der Waals surface area contributed by atoms with Crippen LogP contribution in [0.3, 0.4) is 0 Å². The zero-order chi connectivity index (χ0) is 20.5. The smallest absolute Gasteiger partial charge is 0.246 e. The van der Waals surface area contributed by atoms with Crippen molar-refractivity contribution in [3.05, 3.63) is 35.9 Å². The molecule has 1 heterocycles. The van der Waals surface area contributed by atoms with Gasteiger partial charge in [0.1, 0.15) is 5.75 Å². The monoisotopic (exact) mass is 387 g/mol. The molecule has 1 saturated heterocycles. The highest BCUT2D eigenvalue weighted by Crippen LogP contribution is 2.18. The summed E-state index contributed by atoms with van der Waals surface area (Å²) < 4.78 is 5.17. The van der Waals surface area contributed by atoms with Gasteiger partial charge in [-0.2, -0.15) is 0 Å². The maximum absolute atomic E-state index is 12.6. The van der Waals surface area contributed by atoms with Gasteiger partial charge in [0.2, 0.25) is 11.8 Å². The molecule has 1 aromatic carbocycles. The molecule has 0 aliphatic carbocycles. The largest absolute Gasteiger partial charge is 0.497 e. The summed E-state index contributed by atoms with van der Waals surface area (Å²) in [6.45, 7) is 11.3. The van der Waals surface area contributed by atoms with Gasteiger partial charge in [-0.3, -0.25) is 9.59 Å². The van der Waals surface area contributed by atoms with E-state index < -0.39 is 0 Å². The molecule has 0 spiro atoms. The minimum absolute atomic E-state index is 0.00329. The van der Waals surface area contributed by atoms with Crippen LogP contribution in [0, 0.1) is 0 Å². The minimum Gasteiger partial charge on any atom is -0.497 e. The van der Waals surface area contributed by atoms with Gasteiger partial charge in [-0.05, 0) is 43.3 Å². The number of ether oxygens (including phenoxy) is 1. The second kappa shape index (κ2) is 10.9. The molecular formula is C22H33N3O3. The normalized spacial score (nSPS) is 15.1. The van der Waals surface area contributed by atoms with Gasteiger partial charge in [-0.15, -0.1) is 0 Å². The Morgan fingerprint density at radius 1 is 1.04 bits per heavy atom. The number of allylic oxidation sites excluding steroid dienone is 1. The van der Waals surface area contributed by atoms with Crippen molar-refractivity contribution in [1.82, 2.24) is 14.7 Å². The molecule has 0 N–H and O–H groups in total. The molecule has 2 rings (SSSR count). The standard InChI is InChI=1S/C22H33N3O3/c1-5-23(6-2)12-11-21(26)24-13-15-25(16-14-24)22(27)17-18(3)19-7-9-20(28-4)10-8-19/h7-10,17H,5-6,11-16H2,1-4H3/b18-17+. The summed E-state index contributed by atoms with van der Waals surface area (Å²) in [5.41, 5.74) is 1.92. The Morgan fingerprint density at radius 2 is 1.61 bits per heavy atom. The lowest BCUT2D eigenvalue weighted by molar-refractivity contribution is -0.137. The SMILES string of the molecule is CCN(CC)CCC(=O)N1CCN(C(=O)/C=C(\C)c2ccc(OC)cc2)CC1. The number of amides is 2. The third-order valence-electron chi connectivity index (χ3n) is 5.37. The number of carbonyl (C=O) groups is 2. The van der Waals surface area contributed by atoms with Crippen LogP contribution in [-0.4, -0.2) is 79.4 Å². The molecule has 154 valence electrons. The average Bonchev–Trinajstić information content (AvgIpc) is 2.74. The molecule has 0 atom stereocenters. The molecule has 2 amide bonds. The summed E-state index contributed by atoms with van der Waals surface area (Å²) in [5, 5.41) is 0. The molecule has 0 saturated carbocycles. The van der Waals surface area contributed by atoms with E-state index in [0.717, 1.165) is 36.5 Å². The quantitative estimate of drug-likeness (QED) is 0.643. The van der Waals surface area contributed by atoms with E-state index in [9.17, 15) is 9.59 Å². The van der Waals surface area contributed by atoms with Crippen LogP contribution in [0.15, 0.2) is 30.3 Å². The van der Waals surface area contributed by atoms with Gasteiger partial charge in [-0.1, -0.05) is 26.0 Å². The summed E-state index contributed by atoms with van der Waals surface area (Å²) in [7, 11) is 1.63. The molecule has 1 aromatic rings. The Hall–Kier alpha value is -2.34. The van der Waals surface area contributed by atoms with Crippen molar-refractivity contribution in [2.75, 3.05) is 52.9 Å². The van der Waals surface area contributed by atoms with E-state index in [1.54, 1.807) is 13.2 Å². The summed E-state index contributed by atoms with van der Waals surface area (Å²) in [6.07, 6.45) is 2.23. The molecule has 0 radical (unpaired) electrons. The minimum atomic E-state index is 0.00329. The second-order valence-corrected chi connectivity index (χ2v) is 7.04. The van der Waals surface area contributed by atoms with Crippen molar-refractivity contribution < 1.29 is 14.3 Å². The van der Waals surface area contributed by atoms with Gasteiger partial charge in [0, 0.05) is 45.2 Å². The van der Waals surface area contributed by atoms with E-state index in [1.807, 2.05) is 41.0 Å². The fraction of sp³-hybridized carbons (Fsp3) is 0.545. The number of benzene rings is 1. The van der Waals surface area contributed by atoms with Crippen molar-refractivity contribution in [2.24, 2.45) is 0 Å². The Balaban J connectivity index is 1.84. The van der Waals surface area contributed by atoms with Crippen LogP contribution in [0.4, 0.5) is 0 Å². The van der Waals surface area contributed by atoms with Crippen LogP contribution in [0.2, 0.25) is 0 Å². The summed E-state index contributed by atoms with van der Waals surface area (Å²) in [6, 6.07) is 7.67. The van der Waals surface area contributed by atoms with Crippen LogP contribution in [0.25, 0.3) is 5.57 Å². The van der Waals surface area contributed by atoms with Crippen molar-refractivity contribution >= 4 is 17.4 Å². The maximum Gasteiger partial charge on any atom is 0.246 e. The third-order valence-corrected chi connectivity index (χ3v) is 5.37. The molecule has 0 bridgehead atoms. The van der Waals surface area contributed by atoms with Crippen molar-refractivity contribution in [3.8, 4) is 5.75 Å². The summed E-state index contributed by atoms with van der Waals surface area (Å²) in [4.78, 5) is 30.9. The second-order valence-electron chi connectivity index (χ2n) is 7.04. The Bertz CT molecular complexity index is 673. The van der Waals surface area contributed by atoms with E-state index in [4.69, 9.17) is 4.74 Å². The number of hydrogen-bond acceptors (Lipinski definition) is 4. The predicted molar refractivity (Wildman–Crippen MR) is 112 cm³/mol. The zero-order valence-electron chi connectivity index (χ0n) is 17.6. The van der Waals surface area contributed by atoms with Crippen LogP contribution < -0.4 is 4.74 Å². The van der Waals surface area contributed by atoms with E-state index in [0.29, 0.717) is 32.6 Å². The first kappa shape index (κ1) is 22.0. The molecule has 1 aliphatic heterocycles. The number of piperazine rings is 1. The van der Waals surface area contributed by atoms with Crippen molar-refractivity contribution in [3.63, 3.8) is 0 Å². The fourth-order valence-electron chi connectivity index (χ4n) is 3.34. The molecule has 1 aliphatic rings. The highest BCUT2D eigenvalue weighted by molar-refractivity contribution is 5.95. The fourth-order valence-corrected chi connectivity index (χ4v) is 3.34. The zero-order valence-corrected chi connectivity index (χ0v) is 17.6. The van der Waals surface area contributed by atoms with Gasteiger partial charge >= 0.3 is 0 Å². The van der Waals surface area contributed by atoms with Crippen LogP contribution in [0.5, 0.6) is 5.75 Å². The van der Waals surface area contributed by atoms with Gasteiger partial charge < -0.3 is 19.4 Å². The van der Waals surface area contributed by atoms with Gasteiger partial charge in [0.05, 0.1) is 7.11 Å². The van der Waals surface area contributed by atoms with Gasteiger partial charge in [0.25, 0.3) is 0 Å². The van der Waals surface area contributed by atoms with Crippen LogP contribution >= 0.6 is 0 Å². The maximum atomic E-state index is 12.6. The number of carbonyl (C=O) groups excluding carboxylic acids is 2. The molecule has 0 unspecified atom stereocenters. The Kier molecular flexibility index (Phi) is 8.51. The first-order chi connectivity index (χ1) is 13.5. The lowest BCUT2D eigenvalue weighted by atomic mass is 10.1. The molecule has 6 heteroatoms. The number of methoxy groups -OCH3 is 1. The highest BCUT2D eigenvalue weighted by atomic mass is 16.5. The first-order valence-corrected chi connectivity index (χ1v) is 10.1. The molecule has 28 heavy (non-hydrogen) atoms. The number of rotatable bonds is 8. The molecule has 1 fully saturated rings. The van der Waals surface area contributed by atoms with E-state index in [-0.39, 0.29) is 11.8 Å². The van der Waals surface area contributed by atoms with E-state index >= 15 is 0 Å². The van der Waals surface area contributed by atoms with Crippen molar-refractivity contribution in [1.29, 1.82) is 0 Å². The van der Waals surface area contributed by atoms with Gasteiger partial charge in [-0.25, -0.2) is 0 Å². The molecular weight excluding hydrogens is 354 g/mol. The summed E-state index contributed by atoms with van der Waals surface area (Å²) >= 11 is 0.